The number of nitrogens with two attached hydrogens (primary N) is 2. The number of nitrogens with one attached hydrogen (secondary N) is 2. The van der Waals surface area contributed by atoms with Crippen LogP contribution in [-0.4, -0.2) is 19.0 Å². The van der Waals surface area contributed by atoms with Gasteiger partial charge in [-0.3, -0.25) is 5.41 Å². The van der Waals surface area contributed by atoms with Crippen LogP contribution in [0.1, 0.15) is 12.8 Å². The van der Waals surface area contributed by atoms with E-state index in [1.54, 1.807) is 0 Å². The molecule has 9 heavy (non-hydrogen) atoms. The summed E-state index contributed by atoms with van der Waals surface area (Å²) < 4.78 is 0. The maximum atomic E-state index is 6.77. The highest BCUT2D eigenvalue weighted by Gasteiger charge is 1.85. The smallest absolute Gasteiger partial charge is 0.185 e. The molecule has 0 aromatic carbocycles. The molecule has 6 N–H and O–H groups in total. The normalized spacial score (nSPS) is 9.00. The third kappa shape index (κ3) is 7.23. The van der Waals surface area contributed by atoms with Gasteiger partial charge in [0.15, 0.2) is 5.96 Å². The van der Waals surface area contributed by atoms with Gasteiger partial charge in [-0.15, -0.1) is 0 Å². The Labute approximate surface area is 55.1 Å². The van der Waals surface area contributed by atoms with E-state index >= 15 is 0 Å². The minimum absolute atomic E-state index is 0.0343. The van der Waals surface area contributed by atoms with Crippen LogP contribution in [0.3, 0.4) is 0 Å². The molecule has 0 saturated heterocycles. The highest BCUT2D eigenvalue weighted by Crippen LogP contribution is 1.80. The van der Waals surface area contributed by atoms with Crippen molar-refractivity contribution in [3.8, 4) is 0 Å². The molecular formula is C5H14N4. The van der Waals surface area contributed by atoms with Gasteiger partial charge in [-0.1, -0.05) is 0 Å². The van der Waals surface area contributed by atoms with Gasteiger partial charge in [-0.25, -0.2) is 0 Å². The summed E-state index contributed by atoms with van der Waals surface area (Å²) in [7, 11) is 0. The molecule has 0 atom stereocenters. The average molecular weight is 132 g/mol. The topological polar surface area (TPSA) is 87.9 Å². The van der Waals surface area contributed by atoms with Gasteiger partial charge >= 0.3 is 0 Å². The molecule has 0 unspecified atom stereocenters. The Morgan fingerprint density at radius 2 is 2.11 bits per heavy atom. The van der Waals surface area contributed by atoms with Gasteiger partial charge < -0.3 is 16.8 Å². The summed E-state index contributed by atoms with van der Waals surface area (Å²) in [6.45, 7) is 1.46. The Bertz CT molecular complexity index is 81.0. The Hall–Kier alpha value is -0.770. The van der Waals surface area contributed by atoms with Crippen LogP contribution < -0.4 is 16.8 Å². The Morgan fingerprint density at radius 1 is 1.44 bits per heavy atom. The Kier molecular flexibility index (Phi) is 4.91. The maximum absolute atomic E-state index is 6.77. The van der Waals surface area contributed by atoms with E-state index in [0.717, 1.165) is 19.4 Å². The molecule has 0 aliphatic carbocycles. The van der Waals surface area contributed by atoms with Crippen LogP contribution in [0.2, 0.25) is 0 Å². The van der Waals surface area contributed by atoms with Gasteiger partial charge in [0.2, 0.25) is 0 Å². The lowest BCUT2D eigenvalue weighted by molar-refractivity contribution is 0.714. The maximum Gasteiger partial charge on any atom is 0.185 e. The molecule has 0 aliphatic rings. The highest BCUT2D eigenvalue weighted by molar-refractivity contribution is 5.74. The van der Waals surface area contributed by atoms with Crippen LogP contribution >= 0.6 is 0 Å². The molecule has 4 heteroatoms. The van der Waals surface area contributed by atoms with Crippen LogP contribution in [0.4, 0.5) is 0 Å². The first-order valence-electron chi connectivity index (χ1n) is 3.05. The van der Waals surface area contributed by atoms with Gasteiger partial charge in [0.1, 0.15) is 0 Å². The molecule has 0 saturated carbocycles. The number of guanidine groups is 1. The summed E-state index contributed by atoms with van der Waals surface area (Å²) in [5.41, 5.74) is 10.2. The van der Waals surface area contributed by atoms with E-state index in [0.29, 0.717) is 6.54 Å². The minimum Gasteiger partial charge on any atom is -0.370 e. The second kappa shape index (κ2) is 5.37. The fourth-order valence-electron chi connectivity index (χ4n) is 0.492. The molecule has 54 valence electrons. The molecule has 0 aromatic rings. The summed E-state index contributed by atoms with van der Waals surface area (Å²) in [5.74, 6) is 0.0343. The van der Waals surface area contributed by atoms with Crippen molar-refractivity contribution in [1.29, 1.82) is 5.41 Å². The van der Waals surface area contributed by atoms with Gasteiger partial charge in [0, 0.05) is 6.54 Å². The zero-order valence-corrected chi connectivity index (χ0v) is 5.48. The van der Waals surface area contributed by atoms with Crippen LogP contribution in [0.5, 0.6) is 0 Å². The van der Waals surface area contributed by atoms with Crippen molar-refractivity contribution < 1.29 is 0 Å². The largest absolute Gasteiger partial charge is 0.370 e. The summed E-state index contributed by atoms with van der Waals surface area (Å²) in [4.78, 5) is 0. The van der Waals surface area contributed by atoms with Crippen LogP contribution in [0.15, 0.2) is 0 Å². The summed E-state index contributed by atoms with van der Waals surface area (Å²) in [5, 5.41) is 9.45. The van der Waals surface area contributed by atoms with Crippen molar-refractivity contribution in [3.05, 3.63) is 0 Å². The monoisotopic (exact) mass is 132 g/mol. The van der Waals surface area contributed by atoms with Crippen molar-refractivity contribution in [1.82, 2.24) is 5.32 Å². The quantitative estimate of drug-likeness (QED) is 0.229. The molecule has 4 nitrogen and oxygen atoms in total. The third-order valence-electron chi connectivity index (χ3n) is 0.946. The summed E-state index contributed by atoms with van der Waals surface area (Å²) >= 11 is 0. The predicted molar refractivity (Wildman–Crippen MR) is 38.2 cm³/mol. The molecular weight excluding hydrogens is 118 g/mol. The van der Waals surface area contributed by atoms with Gasteiger partial charge in [0.25, 0.3) is 0 Å². The lowest BCUT2D eigenvalue weighted by Gasteiger charge is -2.00. The predicted octanol–water partition coefficient (Wildman–Crippen LogP) is -0.792. The van der Waals surface area contributed by atoms with E-state index in [9.17, 15) is 0 Å². The molecule has 0 aliphatic heterocycles. The molecule has 0 bridgehead atoms. The molecule has 0 rings (SSSR count). The Balaban J connectivity index is 2.83. The first-order chi connectivity index (χ1) is 4.27. The average Bonchev–Trinajstić information content (AvgIpc) is 1.80. The highest BCUT2D eigenvalue weighted by atomic mass is 15.7. The summed E-state index contributed by atoms with van der Waals surface area (Å²) in [6, 6.07) is 0. The van der Waals surface area contributed by atoms with Crippen LogP contribution in [0.25, 0.3) is 0 Å². The number of unbranched alkanes of at least 4 members (excludes halogenated alkanes) is 1. The van der Waals surface area contributed by atoms with Crippen LogP contribution in [-0.2, 0) is 0 Å². The molecule has 0 aromatic heterocycles. The fourth-order valence-corrected chi connectivity index (χ4v) is 0.492. The van der Waals surface area contributed by atoms with E-state index in [-0.39, 0.29) is 5.96 Å². The molecule has 0 fully saturated rings. The van der Waals surface area contributed by atoms with Crippen molar-refractivity contribution >= 4 is 5.96 Å². The van der Waals surface area contributed by atoms with E-state index in [2.05, 4.69) is 5.32 Å². The zero-order chi connectivity index (χ0) is 7.11. The lowest BCUT2D eigenvalue weighted by atomic mass is 10.3. The number of hydrogen-bond acceptors (Lipinski definition) is 2. The lowest BCUT2D eigenvalue weighted by Crippen LogP contribution is -2.31. The van der Waals surface area contributed by atoms with Gasteiger partial charge in [-0.2, -0.15) is 0 Å². The molecule has 0 spiro atoms. The van der Waals surface area contributed by atoms with Crippen molar-refractivity contribution in [3.63, 3.8) is 0 Å². The second-order valence-electron chi connectivity index (χ2n) is 1.84. The van der Waals surface area contributed by atoms with Crippen molar-refractivity contribution in [2.45, 2.75) is 12.8 Å². The van der Waals surface area contributed by atoms with Crippen LogP contribution in [0, 0.1) is 5.41 Å². The van der Waals surface area contributed by atoms with Crippen molar-refractivity contribution in [2.75, 3.05) is 13.1 Å². The van der Waals surface area contributed by atoms with E-state index in [1.807, 2.05) is 0 Å². The number of rotatable bonds is 4. The Morgan fingerprint density at radius 3 is 2.56 bits per heavy atom. The first-order valence-corrected chi connectivity index (χ1v) is 3.05. The summed E-state index contributed by atoms with van der Waals surface area (Å²) in [6.07, 6.45) is 1.97. The number of hydrogen-bond donors (Lipinski definition) is 4. The molecule has 0 radical (unpaired) electrons. The van der Waals surface area contributed by atoms with Gasteiger partial charge in [0.05, 0.1) is 0 Å². The molecule has 0 amide bonds. The SMILES string of the molecule is N=[14C](N)NCCCCN. The standard InChI is InChI=1S/C5H14N4/c6-3-1-2-4-9-5(7)8/h1-4,6H2,(H4,7,8,9)/i5+2. The third-order valence-corrected chi connectivity index (χ3v) is 0.946. The molecule has 0 heterocycles. The van der Waals surface area contributed by atoms with Crippen molar-refractivity contribution in [2.24, 2.45) is 11.5 Å². The second-order valence-corrected chi connectivity index (χ2v) is 1.84. The minimum atomic E-state index is 0.0343. The van der Waals surface area contributed by atoms with E-state index in [1.165, 1.54) is 0 Å². The van der Waals surface area contributed by atoms with E-state index in [4.69, 9.17) is 16.9 Å². The van der Waals surface area contributed by atoms with E-state index < -0.39 is 0 Å². The first kappa shape index (κ1) is 8.23. The fraction of sp³-hybridized carbons (Fsp3) is 0.800. The van der Waals surface area contributed by atoms with Gasteiger partial charge in [-0.05, 0) is 19.4 Å². The zero-order valence-electron chi connectivity index (χ0n) is 5.48.